The lowest BCUT2D eigenvalue weighted by Crippen LogP contribution is -2.64. The molecule has 0 aliphatic carbocycles. The maximum atomic E-state index is 12.7. The minimum absolute atomic E-state index is 0.0685. The second kappa shape index (κ2) is 9.37. The Morgan fingerprint density at radius 2 is 1.54 bits per heavy atom. The van der Waals surface area contributed by atoms with Gasteiger partial charge in [-0.2, -0.15) is 0 Å². The van der Waals surface area contributed by atoms with E-state index in [2.05, 4.69) is 38.5 Å². The molecule has 4 N–H and O–H groups in total. The van der Waals surface area contributed by atoms with Crippen LogP contribution in [0, 0.1) is 5.41 Å². The van der Waals surface area contributed by atoms with Gasteiger partial charge in [0.1, 0.15) is 0 Å². The predicted octanol–water partition coefficient (Wildman–Crippen LogP) is 1.46. The van der Waals surface area contributed by atoms with Gasteiger partial charge in [0.05, 0.1) is 0 Å². The average Bonchev–Trinajstić information content (AvgIpc) is 2.42. The van der Waals surface area contributed by atoms with Crippen LogP contribution in [0.25, 0.3) is 0 Å². The molecule has 0 radical (unpaired) electrons. The van der Waals surface area contributed by atoms with Crippen LogP contribution < -0.4 is 5.73 Å². The number of carbonyl (C=O) groups excluding carboxylic acids is 1. The summed E-state index contributed by atoms with van der Waals surface area (Å²) < 4.78 is 0. The number of nitrogens with zero attached hydrogens (tertiary/aromatic N) is 2. The fourth-order valence-corrected chi connectivity index (χ4v) is 2.21. The van der Waals surface area contributed by atoms with Crippen LogP contribution in [0.1, 0.15) is 60.8 Å². The largest absolute Gasteiger partial charge is 0.477 e. The van der Waals surface area contributed by atoms with Gasteiger partial charge in [-0.1, -0.05) is 20.8 Å². The first-order chi connectivity index (χ1) is 10.8. The molecule has 1 amide bonds. The summed E-state index contributed by atoms with van der Waals surface area (Å²) in [6, 6.07) is -0.566. The lowest BCUT2D eigenvalue weighted by atomic mass is 9.94. The fraction of sp³-hybridized carbons (Fsp3) is 0.889. The Labute approximate surface area is 147 Å². The molecule has 0 aromatic rings. The Hall–Kier alpha value is -1.14. The second-order valence-electron chi connectivity index (χ2n) is 8.67. The fourth-order valence-electron chi connectivity index (χ4n) is 2.21. The molecule has 0 saturated heterocycles. The van der Waals surface area contributed by atoms with Crippen molar-refractivity contribution < 1.29 is 20.4 Å². The molecule has 1 atom stereocenters. The summed E-state index contributed by atoms with van der Waals surface area (Å²) in [5.74, 6) is -0.710. The second-order valence-corrected chi connectivity index (χ2v) is 8.67. The number of carboxylic acid groups (broad SMARTS) is 1. The van der Waals surface area contributed by atoms with Crippen LogP contribution in [-0.2, 0) is 9.59 Å². The van der Waals surface area contributed by atoms with Gasteiger partial charge in [-0.05, 0) is 40.7 Å². The first kappa shape index (κ1) is 22.9. The molecular weight excluding hydrogens is 306 g/mol. The summed E-state index contributed by atoms with van der Waals surface area (Å²) in [5, 5.41) is 8.87. The summed E-state index contributed by atoms with van der Waals surface area (Å²) in [6.45, 7) is 14.5. The van der Waals surface area contributed by atoms with Gasteiger partial charge < -0.3 is 15.7 Å². The first-order valence-electron chi connectivity index (χ1n) is 8.83. The maximum Gasteiger partial charge on any atom is 0.362 e. The maximum absolute atomic E-state index is 12.7. The highest BCUT2D eigenvalue weighted by atomic mass is 16.4. The van der Waals surface area contributed by atoms with E-state index in [0.717, 1.165) is 19.4 Å². The van der Waals surface area contributed by atoms with Crippen LogP contribution in [0.5, 0.6) is 0 Å². The Bertz CT molecular complexity index is 411. The summed E-state index contributed by atoms with van der Waals surface area (Å²) in [4.78, 5) is 27.6. The van der Waals surface area contributed by atoms with Gasteiger partial charge in [0.2, 0.25) is 5.91 Å². The molecule has 6 heteroatoms. The molecule has 0 aromatic heterocycles. The third-order valence-corrected chi connectivity index (χ3v) is 4.36. The van der Waals surface area contributed by atoms with Crippen molar-refractivity contribution in [2.45, 2.75) is 72.4 Å². The zero-order chi connectivity index (χ0) is 19.1. The molecule has 0 rings (SSSR count). The van der Waals surface area contributed by atoms with Crippen LogP contribution in [0.2, 0.25) is 0 Å². The minimum atomic E-state index is -0.857. The van der Waals surface area contributed by atoms with Crippen LogP contribution in [0.15, 0.2) is 0 Å². The predicted molar refractivity (Wildman–Crippen MR) is 96.6 cm³/mol. The Balaban J connectivity index is 4.61. The highest BCUT2D eigenvalue weighted by molar-refractivity contribution is 5.81. The number of quaternary nitrogens is 1. The summed E-state index contributed by atoms with van der Waals surface area (Å²) in [6.07, 6.45) is 2.12. The number of hydrogen-bond donors (Lipinski definition) is 2. The Kier molecular flexibility index (Phi) is 8.93. The van der Waals surface area contributed by atoms with Crippen molar-refractivity contribution in [3.05, 3.63) is 0 Å². The van der Waals surface area contributed by atoms with E-state index in [-0.39, 0.29) is 11.4 Å². The van der Waals surface area contributed by atoms with E-state index in [0.29, 0.717) is 19.5 Å². The topological polar surface area (TPSA) is 88.5 Å². The van der Waals surface area contributed by atoms with Gasteiger partial charge in [-0.25, -0.2) is 4.79 Å². The van der Waals surface area contributed by atoms with Crippen LogP contribution in [0.4, 0.5) is 0 Å². The number of hydrogen-bond acceptors (Lipinski definition) is 3. The molecule has 0 aliphatic heterocycles. The van der Waals surface area contributed by atoms with Gasteiger partial charge in [-0.3, -0.25) is 9.69 Å². The van der Waals surface area contributed by atoms with Gasteiger partial charge in [0.25, 0.3) is 0 Å². The average molecular weight is 345 g/mol. The SMILES string of the molecule is CN(CCN(CCCCC([NH3+])C(=O)O)C(=O)C(C)(C)C)C(C)(C)C. The molecule has 0 heterocycles. The lowest BCUT2D eigenvalue weighted by Gasteiger charge is -2.35. The van der Waals surface area contributed by atoms with Crippen molar-refractivity contribution >= 4 is 11.9 Å². The molecule has 0 fully saturated rings. The molecule has 142 valence electrons. The molecule has 0 spiro atoms. The molecule has 1 unspecified atom stereocenters. The summed E-state index contributed by atoms with van der Waals surface area (Å²) in [5.41, 5.74) is 3.29. The van der Waals surface area contributed by atoms with Crippen LogP contribution in [0.3, 0.4) is 0 Å². The van der Waals surface area contributed by atoms with Crippen molar-refractivity contribution in [3.8, 4) is 0 Å². The summed E-state index contributed by atoms with van der Waals surface area (Å²) in [7, 11) is 2.07. The molecule has 6 nitrogen and oxygen atoms in total. The van der Waals surface area contributed by atoms with E-state index in [1.54, 1.807) is 0 Å². The first-order valence-corrected chi connectivity index (χ1v) is 8.83. The molecule has 0 saturated carbocycles. The number of carbonyl (C=O) groups is 2. The van der Waals surface area contributed by atoms with Crippen molar-refractivity contribution in [2.24, 2.45) is 5.41 Å². The van der Waals surface area contributed by atoms with E-state index in [1.807, 2.05) is 25.7 Å². The standard InChI is InChI=1S/C18H37N3O3/c1-17(2,3)16(24)21(13-12-20(7)18(4,5)6)11-9-8-10-14(19)15(22)23/h14H,8-13,19H2,1-7H3,(H,22,23)/p+1. The van der Waals surface area contributed by atoms with Crippen LogP contribution in [-0.4, -0.2) is 65.0 Å². The monoisotopic (exact) mass is 344 g/mol. The molecule has 24 heavy (non-hydrogen) atoms. The number of unbranched alkanes of at least 4 members (excludes halogenated alkanes) is 1. The van der Waals surface area contributed by atoms with Gasteiger partial charge >= 0.3 is 5.97 Å². The normalized spacial score (nSPS) is 13.9. The third-order valence-electron chi connectivity index (χ3n) is 4.36. The minimum Gasteiger partial charge on any atom is -0.477 e. The van der Waals surface area contributed by atoms with E-state index in [9.17, 15) is 9.59 Å². The lowest BCUT2D eigenvalue weighted by molar-refractivity contribution is -0.409. The zero-order valence-corrected chi connectivity index (χ0v) is 16.7. The van der Waals surface area contributed by atoms with E-state index in [4.69, 9.17) is 5.11 Å². The molecule has 0 bridgehead atoms. The number of carboxylic acids is 1. The number of likely N-dealkylation sites (N-methyl/N-ethyl adjacent to an activating group) is 1. The quantitative estimate of drug-likeness (QED) is 0.620. The van der Waals surface area contributed by atoms with E-state index >= 15 is 0 Å². The van der Waals surface area contributed by atoms with Crippen molar-refractivity contribution in [3.63, 3.8) is 0 Å². The zero-order valence-electron chi connectivity index (χ0n) is 16.7. The van der Waals surface area contributed by atoms with E-state index < -0.39 is 17.4 Å². The Morgan fingerprint density at radius 3 is 1.96 bits per heavy atom. The van der Waals surface area contributed by atoms with Crippen molar-refractivity contribution in [1.82, 2.24) is 9.80 Å². The van der Waals surface area contributed by atoms with Crippen LogP contribution >= 0.6 is 0 Å². The molecular formula is C18H38N3O3+. The smallest absolute Gasteiger partial charge is 0.362 e. The van der Waals surface area contributed by atoms with Gasteiger partial charge in [-0.15, -0.1) is 0 Å². The van der Waals surface area contributed by atoms with Crippen molar-refractivity contribution in [2.75, 3.05) is 26.7 Å². The van der Waals surface area contributed by atoms with E-state index in [1.165, 1.54) is 0 Å². The van der Waals surface area contributed by atoms with Crippen molar-refractivity contribution in [1.29, 1.82) is 0 Å². The number of rotatable bonds is 9. The highest BCUT2D eigenvalue weighted by Gasteiger charge is 2.28. The molecule has 0 aliphatic rings. The Morgan fingerprint density at radius 1 is 1.00 bits per heavy atom. The third kappa shape index (κ3) is 8.64. The number of amides is 1. The number of aliphatic carboxylic acids is 1. The molecule has 0 aromatic carbocycles. The van der Waals surface area contributed by atoms with Gasteiger partial charge in [0.15, 0.2) is 6.04 Å². The van der Waals surface area contributed by atoms with Gasteiger partial charge in [0, 0.05) is 37.0 Å². The highest BCUT2D eigenvalue weighted by Crippen LogP contribution is 2.19. The summed E-state index contributed by atoms with van der Waals surface area (Å²) >= 11 is 0.